The molecule has 0 aromatic carbocycles. The van der Waals surface area contributed by atoms with E-state index in [2.05, 4.69) is 10.3 Å². The number of carbonyl (C=O) groups excluding carboxylic acids is 1. The fraction of sp³-hybridized carbons (Fsp3) is 0.500. The minimum absolute atomic E-state index is 0.0348. The molecule has 0 aliphatic heterocycles. The maximum Gasteiger partial charge on any atom is 0.340 e. The SMILES string of the molecule is CCOC(=O)c1ccnc(NCC(C)S(C)=O)c1N. The van der Waals surface area contributed by atoms with Gasteiger partial charge >= 0.3 is 5.97 Å². The zero-order chi connectivity index (χ0) is 14.4. The normalized spacial score (nSPS) is 13.6. The lowest BCUT2D eigenvalue weighted by atomic mass is 10.2. The van der Waals surface area contributed by atoms with Gasteiger partial charge in [-0.15, -0.1) is 0 Å². The molecule has 7 heteroatoms. The van der Waals surface area contributed by atoms with Crippen LogP contribution in [0.25, 0.3) is 0 Å². The van der Waals surface area contributed by atoms with Crippen molar-refractivity contribution in [1.29, 1.82) is 0 Å². The number of aromatic nitrogens is 1. The Bertz CT molecular complexity index is 479. The molecular weight excluding hydrogens is 266 g/mol. The van der Waals surface area contributed by atoms with Gasteiger partial charge in [-0.2, -0.15) is 0 Å². The van der Waals surface area contributed by atoms with Crippen LogP contribution in [0.5, 0.6) is 0 Å². The molecular formula is C12H19N3O3S. The minimum atomic E-state index is -0.930. The van der Waals surface area contributed by atoms with Crippen LogP contribution in [0.3, 0.4) is 0 Å². The van der Waals surface area contributed by atoms with Crippen molar-refractivity contribution in [2.24, 2.45) is 0 Å². The Labute approximate surface area is 115 Å². The quantitative estimate of drug-likeness (QED) is 0.758. The van der Waals surface area contributed by atoms with E-state index >= 15 is 0 Å². The first kappa shape index (κ1) is 15.4. The highest BCUT2D eigenvalue weighted by Gasteiger charge is 2.15. The van der Waals surface area contributed by atoms with Crippen LogP contribution in [0, 0.1) is 0 Å². The van der Waals surface area contributed by atoms with Crippen molar-refractivity contribution < 1.29 is 13.7 Å². The van der Waals surface area contributed by atoms with Crippen LogP contribution in [-0.4, -0.2) is 39.8 Å². The molecule has 0 aliphatic carbocycles. The number of anilines is 2. The van der Waals surface area contributed by atoms with Gasteiger partial charge in [0.05, 0.1) is 17.9 Å². The number of nitrogen functional groups attached to an aromatic ring is 1. The molecule has 0 bridgehead atoms. The molecule has 0 amide bonds. The Morgan fingerprint density at radius 3 is 2.89 bits per heavy atom. The number of carbonyl (C=O) groups is 1. The summed E-state index contributed by atoms with van der Waals surface area (Å²) in [6.45, 7) is 4.34. The first-order chi connectivity index (χ1) is 8.97. The number of nitrogens with one attached hydrogen (secondary N) is 1. The Kier molecular flexibility index (Phi) is 5.75. The van der Waals surface area contributed by atoms with Crippen molar-refractivity contribution in [3.63, 3.8) is 0 Å². The van der Waals surface area contributed by atoms with Crippen LogP contribution < -0.4 is 11.1 Å². The summed E-state index contributed by atoms with van der Waals surface area (Å²) in [6, 6.07) is 1.51. The number of hydrogen-bond acceptors (Lipinski definition) is 6. The number of hydrogen-bond donors (Lipinski definition) is 2. The third kappa shape index (κ3) is 4.20. The zero-order valence-electron chi connectivity index (χ0n) is 11.3. The van der Waals surface area contributed by atoms with Gasteiger partial charge in [-0.05, 0) is 19.9 Å². The van der Waals surface area contributed by atoms with Gasteiger partial charge in [-0.1, -0.05) is 0 Å². The van der Waals surface area contributed by atoms with Crippen molar-refractivity contribution in [1.82, 2.24) is 4.98 Å². The molecule has 1 aromatic heterocycles. The van der Waals surface area contributed by atoms with E-state index in [0.29, 0.717) is 12.4 Å². The van der Waals surface area contributed by atoms with E-state index < -0.39 is 16.8 Å². The molecule has 0 aliphatic rings. The van der Waals surface area contributed by atoms with Crippen LogP contribution in [-0.2, 0) is 15.5 Å². The number of ether oxygens (including phenoxy) is 1. The Morgan fingerprint density at radius 2 is 2.32 bits per heavy atom. The Morgan fingerprint density at radius 1 is 1.63 bits per heavy atom. The van der Waals surface area contributed by atoms with E-state index in [-0.39, 0.29) is 23.1 Å². The average Bonchev–Trinajstić information content (AvgIpc) is 2.37. The van der Waals surface area contributed by atoms with Crippen molar-refractivity contribution in [3.8, 4) is 0 Å². The van der Waals surface area contributed by atoms with Gasteiger partial charge in [0.15, 0.2) is 0 Å². The van der Waals surface area contributed by atoms with E-state index in [1.807, 2.05) is 6.92 Å². The summed E-state index contributed by atoms with van der Waals surface area (Å²) in [4.78, 5) is 15.7. The van der Waals surface area contributed by atoms with Crippen LogP contribution in [0.1, 0.15) is 24.2 Å². The maximum atomic E-state index is 11.7. The lowest BCUT2D eigenvalue weighted by Crippen LogP contribution is -2.22. The molecule has 0 radical (unpaired) electrons. The van der Waals surface area contributed by atoms with E-state index in [1.54, 1.807) is 13.2 Å². The molecule has 1 heterocycles. The van der Waals surface area contributed by atoms with Gasteiger partial charge in [-0.25, -0.2) is 9.78 Å². The fourth-order valence-electron chi connectivity index (χ4n) is 1.36. The molecule has 0 spiro atoms. The molecule has 106 valence electrons. The molecule has 2 unspecified atom stereocenters. The van der Waals surface area contributed by atoms with Gasteiger partial charge in [0.1, 0.15) is 5.82 Å². The van der Waals surface area contributed by atoms with Crippen molar-refractivity contribution in [3.05, 3.63) is 17.8 Å². The lowest BCUT2D eigenvalue weighted by molar-refractivity contribution is 0.0527. The van der Waals surface area contributed by atoms with Gasteiger partial charge in [0.2, 0.25) is 0 Å². The zero-order valence-corrected chi connectivity index (χ0v) is 12.1. The third-order valence-corrected chi connectivity index (χ3v) is 3.91. The first-order valence-corrected chi connectivity index (χ1v) is 7.57. The van der Waals surface area contributed by atoms with Gasteiger partial charge in [0, 0.05) is 35.0 Å². The summed E-state index contributed by atoms with van der Waals surface area (Å²) in [6.07, 6.45) is 3.12. The second-order valence-corrected chi connectivity index (χ2v) is 5.83. The molecule has 19 heavy (non-hydrogen) atoms. The molecule has 1 aromatic rings. The van der Waals surface area contributed by atoms with Crippen molar-refractivity contribution in [2.45, 2.75) is 19.1 Å². The largest absolute Gasteiger partial charge is 0.462 e. The van der Waals surface area contributed by atoms with Crippen LogP contribution in [0.4, 0.5) is 11.5 Å². The van der Waals surface area contributed by atoms with Crippen LogP contribution in [0.2, 0.25) is 0 Å². The topological polar surface area (TPSA) is 94.3 Å². The molecule has 1 rings (SSSR count). The predicted octanol–water partition coefficient (Wildman–Crippen LogP) is 1.02. The molecule has 3 N–H and O–H groups in total. The van der Waals surface area contributed by atoms with Gasteiger partial charge < -0.3 is 15.8 Å². The summed E-state index contributed by atoms with van der Waals surface area (Å²) in [7, 11) is -0.930. The minimum Gasteiger partial charge on any atom is -0.462 e. The number of rotatable bonds is 6. The standard InChI is InChI=1S/C12H19N3O3S/c1-4-18-12(16)9-5-6-14-11(10(9)13)15-7-8(2)19(3)17/h5-6,8H,4,7,13H2,1-3H3,(H,14,15). The molecule has 6 nitrogen and oxygen atoms in total. The summed E-state index contributed by atoms with van der Waals surface area (Å²) >= 11 is 0. The molecule has 0 fully saturated rings. The lowest BCUT2D eigenvalue weighted by Gasteiger charge is -2.13. The van der Waals surface area contributed by atoms with Crippen LogP contribution >= 0.6 is 0 Å². The molecule has 0 saturated heterocycles. The van der Waals surface area contributed by atoms with Crippen molar-refractivity contribution >= 4 is 28.3 Å². The van der Waals surface area contributed by atoms with Gasteiger partial charge in [-0.3, -0.25) is 4.21 Å². The highest BCUT2D eigenvalue weighted by atomic mass is 32.2. The van der Waals surface area contributed by atoms with E-state index in [4.69, 9.17) is 10.5 Å². The monoisotopic (exact) mass is 285 g/mol. The number of nitrogens with two attached hydrogens (primary N) is 1. The van der Waals surface area contributed by atoms with Crippen molar-refractivity contribution in [2.75, 3.05) is 30.5 Å². The van der Waals surface area contributed by atoms with E-state index in [1.165, 1.54) is 12.3 Å². The first-order valence-electron chi connectivity index (χ1n) is 5.95. The summed E-state index contributed by atoms with van der Waals surface area (Å²) < 4.78 is 16.2. The molecule has 2 atom stereocenters. The smallest absolute Gasteiger partial charge is 0.340 e. The summed E-state index contributed by atoms with van der Waals surface area (Å²) in [5.41, 5.74) is 6.40. The van der Waals surface area contributed by atoms with E-state index in [0.717, 1.165) is 0 Å². The highest BCUT2D eigenvalue weighted by Crippen LogP contribution is 2.20. The Hall–Kier alpha value is -1.63. The second-order valence-electron chi connectivity index (χ2n) is 4.03. The fourth-order valence-corrected chi connectivity index (χ4v) is 1.68. The highest BCUT2D eigenvalue weighted by molar-refractivity contribution is 7.84. The van der Waals surface area contributed by atoms with Crippen LogP contribution in [0.15, 0.2) is 12.3 Å². The molecule has 0 saturated carbocycles. The third-order valence-electron chi connectivity index (χ3n) is 2.61. The number of pyridine rings is 1. The number of esters is 1. The van der Waals surface area contributed by atoms with Gasteiger partial charge in [0.25, 0.3) is 0 Å². The number of nitrogens with zero attached hydrogens (tertiary/aromatic N) is 1. The van der Waals surface area contributed by atoms with E-state index in [9.17, 15) is 9.00 Å². The maximum absolute atomic E-state index is 11.7. The second kappa shape index (κ2) is 7.08. The predicted molar refractivity (Wildman–Crippen MR) is 76.6 cm³/mol. The average molecular weight is 285 g/mol. The summed E-state index contributed by atoms with van der Waals surface area (Å²) in [5, 5.41) is 2.96. The Balaban J connectivity index is 2.83. The summed E-state index contributed by atoms with van der Waals surface area (Å²) in [5.74, 6) is -0.0691.